The molecule has 600 valence electrons. The van der Waals surface area contributed by atoms with Crippen LogP contribution in [0.4, 0.5) is 0 Å². The molecule has 0 atom stereocenters. The molecule has 0 unspecified atom stereocenters. The Morgan fingerprint density at radius 1 is 0.270 bits per heavy atom. The van der Waals surface area contributed by atoms with Gasteiger partial charge in [-0.2, -0.15) is 0 Å². The summed E-state index contributed by atoms with van der Waals surface area (Å²) in [7, 11) is -0.528. The predicted molar refractivity (Wildman–Crippen MR) is 470 cm³/mol. The third kappa shape index (κ3) is 25.9. The highest BCUT2D eigenvalue weighted by Crippen LogP contribution is 2.44. The van der Waals surface area contributed by atoms with Gasteiger partial charge in [0.2, 0.25) is 0 Å². The number of hydrogen-bond acceptors (Lipinski definition) is 10. The second kappa shape index (κ2) is 45.8. The summed E-state index contributed by atoms with van der Waals surface area (Å²) in [6.45, 7) is 25.7. The molecule has 0 radical (unpaired) electrons. The predicted octanol–water partition coefficient (Wildman–Crippen LogP) is 28.1. The normalized spacial score (nSPS) is 13.5. The fourth-order valence-corrected chi connectivity index (χ4v) is 15.3. The molecular weight excluding hydrogens is 1370 g/mol. The van der Waals surface area contributed by atoms with Crippen LogP contribution < -0.4 is 33.9 Å². The zero-order valence-electron chi connectivity index (χ0n) is 70.1. The number of aromatic nitrogens is 4. The van der Waals surface area contributed by atoms with Crippen LogP contribution in [-0.2, 0) is 9.31 Å². The molecule has 3 aliphatic heterocycles. The van der Waals surface area contributed by atoms with Crippen molar-refractivity contribution in [3.63, 3.8) is 0 Å². The molecule has 10 rings (SSSR count). The summed E-state index contributed by atoms with van der Waals surface area (Å²) in [4.78, 5) is 19.9. The molecule has 1 fully saturated rings. The molecule has 13 heteroatoms. The average molecular weight is 1510 g/mol. The topological polar surface area (TPSA) is 131 Å². The molecule has 8 bridgehead atoms. The molecule has 3 aliphatic rings. The van der Waals surface area contributed by atoms with Crippen molar-refractivity contribution in [2.75, 3.05) is 39.6 Å². The Hall–Kier alpha value is -7.74. The molecule has 0 saturated carbocycles. The molecule has 2 N–H and O–H groups in total. The van der Waals surface area contributed by atoms with E-state index >= 15 is 0 Å². The number of hydrogen-bond donors (Lipinski definition) is 2. The first-order valence-electron chi connectivity index (χ1n) is 44.2. The first-order chi connectivity index (χ1) is 54.3. The Bertz CT molecular complexity index is 3980. The highest BCUT2D eigenvalue weighted by Gasteiger charge is 2.51. The van der Waals surface area contributed by atoms with Crippen LogP contribution in [0, 0.1) is 0 Å². The molecule has 0 spiro atoms. The van der Waals surface area contributed by atoms with Crippen molar-refractivity contribution in [2.45, 2.75) is 312 Å². The van der Waals surface area contributed by atoms with Gasteiger partial charge in [0.25, 0.3) is 0 Å². The Labute approximate surface area is 669 Å². The maximum Gasteiger partial charge on any atom is 0.494 e. The Kier molecular flexibility index (Phi) is 35.4. The van der Waals surface area contributed by atoms with Gasteiger partial charge in [0.1, 0.15) is 34.5 Å². The summed E-state index contributed by atoms with van der Waals surface area (Å²) in [6, 6.07) is 37.0. The van der Waals surface area contributed by atoms with Crippen LogP contribution in [0.5, 0.6) is 34.5 Å². The first-order valence-corrected chi connectivity index (χ1v) is 44.2. The van der Waals surface area contributed by atoms with Gasteiger partial charge in [-0.05, 0) is 179 Å². The lowest BCUT2D eigenvalue weighted by Crippen LogP contribution is -2.41. The summed E-state index contributed by atoms with van der Waals surface area (Å²) in [5.74, 6) is 4.65. The maximum atomic E-state index is 6.86. The van der Waals surface area contributed by atoms with Crippen LogP contribution in [0.1, 0.15) is 323 Å². The number of ether oxygens (including phenoxy) is 6. The smallest absolute Gasteiger partial charge is 0.493 e. The molecule has 0 aliphatic carbocycles. The lowest BCUT2D eigenvalue weighted by molar-refractivity contribution is 0.00578. The van der Waals surface area contributed by atoms with Gasteiger partial charge in [-0.25, -0.2) is 9.97 Å². The first kappa shape index (κ1) is 85.7. The second-order valence-electron chi connectivity index (χ2n) is 32.5. The van der Waals surface area contributed by atoms with Crippen molar-refractivity contribution >= 4 is 59.0 Å². The van der Waals surface area contributed by atoms with E-state index in [-0.39, 0.29) is 0 Å². The average Bonchev–Trinajstić information content (AvgIpc) is 1.63. The zero-order valence-corrected chi connectivity index (χ0v) is 70.1. The van der Waals surface area contributed by atoms with E-state index in [1.807, 2.05) is 0 Å². The van der Waals surface area contributed by atoms with Gasteiger partial charge in [0.05, 0.1) is 73.6 Å². The van der Waals surface area contributed by atoms with Crippen LogP contribution in [-0.4, -0.2) is 77.9 Å². The minimum absolute atomic E-state index is 0.498. The van der Waals surface area contributed by atoms with Crippen LogP contribution in [0.15, 0.2) is 103 Å². The summed E-state index contributed by atoms with van der Waals surface area (Å²) in [6.07, 6.45) is 51.0. The van der Waals surface area contributed by atoms with Crippen molar-refractivity contribution in [3.05, 3.63) is 126 Å². The molecule has 111 heavy (non-hydrogen) atoms. The molecule has 4 aromatic carbocycles. The van der Waals surface area contributed by atoms with Crippen molar-refractivity contribution in [1.82, 2.24) is 19.9 Å². The summed E-state index contributed by atoms with van der Waals surface area (Å²) in [5.41, 5.74) is 14.1. The zero-order chi connectivity index (χ0) is 77.9. The lowest BCUT2D eigenvalue weighted by Gasteiger charge is -2.32. The van der Waals surface area contributed by atoms with Gasteiger partial charge in [-0.15, -0.1) is 0 Å². The number of fused-ring (bicyclic) bond motifs is 8. The van der Waals surface area contributed by atoms with Crippen LogP contribution in [0.25, 0.3) is 90.9 Å². The van der Waals surface area contributed by atoms with Crippen molar-refractivity contribution < 1.29 is 37.7 Å². The molecule has 3 aromatic heterocycles. The lowest BCUT2D eigenvalue weighted by atomic mass is 9.78. The van der Waals surface area contributed by atoms with E-state index in [1.165, 1.54) is 154 Å². The Morgan fingerprint density at radius 3 is 0.721 bits per heavy atom. The van der Waals surface area contributed by atoms with Crippen LogP contribution in [0.3, 0.4) is 0 Å². The van der Waals surface area contributed by atoms with Gasteiger partial charge in [-0.1, -0.05) is 258 Å². The Balaban J connectivity index is 1.23. The summed E-state index contributed by atoms with van der Waals surface area (Å²) in [5, 5.41) is 0. The molecule has 1 saturated heterocycles. The van der Waals surface area contributed by atoms with Crippen molar-refractivity contribution in [2.24, 2.45) is 0 Å². The standard InChI is InChI=1S/C98H137BN4O8/c1-11-17-23-29-35-41-59-104-79-65-75(66-80(71-79)105-60-42-36-30-24-18-12-2)94-87-53-51-85(100-87)93(74-47-49-78(50-48-74)99-110-97(7,8)98(9,10)111-99)86-52-54-88(101-86)95(76-67-81(106-61-43-37-31-25-19-13-3)72-82(68-76)107-62-44-38-32-26-20-14-4)90-56-58-92(103-90)96(91-57-55-89(94)102-91)77-69-83(108-63-45-39-33-27-21-15-5)73-84(70-77)109-64-46-40-34-28-22-16-6/h47-58,65-73,100,103H,11-46,59-64H2,1-10H3. The van der Waals surface area contributed by atoms with Crippen LogP contribution in [0.2, 0.25) is 0 Å². The van der Waals surface area contributed by atoms with E-state index in [4.69, 9.17) is 47.7 Å². The number of benzene rings is 4. The van der Waals surface area contributed by atoms with Crippen molar-refractivity contribution in [1.29, 1.82) is 0 Å². The number of nitrogens with zero attached hydrogens (tertiary/aromatic N) is 2. The minimum Gasteiger partial charge on any atom is -0.493 e. The highest BCUT2D eigenvalue weighted by atomic mass is 16.7. The molecule has 6 heterocycles. The van der Waals surface area contributed by atoms with E-state index in [0.717, 1.165) is 206 Å². The largest absolute Gasteiger partial charge is 0.494 e. The number of unbranched alkanes of at least 4 members (excludes halogenated alkanes) is 30. The molecule has 0 amide bonds. The Morgan fingerprint density at radius 2 is 0.486 bits per heavy atom. The number of rotatable bonds is 53. The van der Waals surface area contributed by atoms with Gasteiger partial charge >= 0.3 is 7.12 Å². The maximum absolute atomic E-state index is 6.86. The van der Waals surface area contributed by atoms with Gasteiger partial charge in [-0.3, -0.25) is 0 Å². The van der Waals surface area contributed by atoms with E-state index in [9.17, 15) is 0 Å². The third-order valence-electron chi connectivity index (χ3n) is 22.6. The summed E-state index contributed by atoms with van der Waals surface area (Å²) >= 11 is 0. The quantitative estimate of drug-likeness (QED) is 0.0281. The van der Waals surface area contributed by atoms with E-state index in [1.54, 1.807) is 0 Å². The summed E-state index contributed by atoms with van der Waals surface area (Å²) < 4.78 is 54.4. The monoisotopic (exact) mass is 1510 g/mol. The highest BCUT2D eigenvalue weighted by molar-refractivity contribution is 6.62. The van der Waals surface area contributed by atoms with Crippen molar-refractivity contribution in [3.8, 4) is 79.0 Å². The third-order valence-corrected chi connectivity index (χ3v) is 22.6. The number of nitrogens with one attached hydrogen (secondary N) is 2. The number of H-pyrrole nitrogens is 2. The molecule has 7 aromatic rings. The fraction of sp³-hybridized carbons (Fsp3) is 0.551. The SMILES string of the molecule is CCCCCCCCOc1cc(OCCCCCCCC)cc(-c2c3nc(c(-c4cc(OCCCCCCCC)cc(OCCCCCCCC)c4)c4ccc([nH]4)c(-c4cc(OCCCCCCCC)cc(OCCCCCCCC)c4)c4nc(c(-c5ccc(B6OC(C)(C)C(C)(C)O6)cc5)c5ccc2[nH]5)C=C4)C=C3)c1. The fourth-order valence-electron chi connectivity index (χ4n) is 15.3. The molecular formula is C98H137BN4O8. The molecule has 12 nitrogen and oxygen atoms in total. The van der Waals surface area contributed by atoms with E-state index < -0.39 is 18.3 Å². The van der Waals surface area contributed by atoms with Gasteiger partial charge in [0, 0.05) is 62.5 Å². The van der Waals surface area contributed by atoms with Gasteiger partial charge < -0.3 is 47.7 Å². The van der Waals surface area contributed by atoms with E-state index in [0.29, 0.717) is 39.6 Å². The van der Waals surface area contributed by atoms with Crippen LogP contribution >= 0.6 is 0 Å². The van der Waals surface area contributed by atoms with Gasteiger partial charge in [0.15, 0.2) is 0 Å². The second-order valence-corrected chi connectivity index (χ2v) is 32.5. The number of aromatic amines is 2. The van der Waals surface area contributed by atoms with E-state index in [2.05, 4.69) is 207 Å². The minimum atomic E-state index is -0.528.